The van der Waals surface area contributed by atoms with Crippen molar-refractivity contribution in [2.75, 3.05) is 13.2 Å². The van der Waals surface area contributed by atoms with Gasteiger partial charge in [-0.25, -0.2) is 0 Å². The molecule has 2 nitrogen and oxygen atoms in total. The number of aliphatic hydroxyl groups excluding tert-OH is 1. The van der Waals surface area contributed by atoms with Crippen LogP contribution in [0.4, 0.5) is 0 Å². The lowest BCUT2D eigenvalue weighted by Crippen LogP contribution is -2.09. The lowest BCUT2D eigenvalue weighted by Gasteiger charge is -2.10. The summed E-state index contributed by atoms with van der Waals surface area (Å²) in [6.45, 7) is 1.05. The zero-order valence-electron chi connectivity index (χ0n) is 7.57. The van der Waals surface area contributed by atoms with E-state index in [-0.39, 0.29) is 12.2 Å². The number of epoxide rings is 1. The van der Waals surface area contributed by atoms with Crippen molar-refractivity contribution in [2.24, 2.45) is 0 Å². The first-order valence-electron chi connectivity index (χ1n) is 4.68. The van der Waals surface area contributed by atoms with Crippen LogP contribution in [0.5, 0.6) is 0 Å². The fraction of sp³-hybridized carbons (Fsp3) is 0.455. The summed E-state index contributed by atoms with van der Waals surface area (Å²) in [5.74, 6) is 0. The Bertz CT molecular complexity index is 265. The fourth-order valence-corrected chi connectivity index (χ4v) is 1.65. The molecule has 1 heterocycles. The maximum Gasteiger partial charge on any atom is 0.117 e. The minimum Gasteiger partial charge on any atom is -0.396 e. The Morgan fingerprint density at radius 3 is 2.54 bits per heavy atom. The van der Waals surface area contributed by atoms with Gasteiger partial charge in [-0.15, -0.1) is 0 Å². The molecule has 1 N–H and O–H groups in total. The Hall–Kier alpha value is -0.860. The van der Waals surface area contributed by atoms with Gasteiger partial charge in [0, 0.05) is 6.61 Å². The average molecular weight is 178 g/mol. The summed E-state index contributed by atoms with van der Waals surface area (Å²) in [6, 6.07) is 10.2. The first-order valence-corrected chi connectivity index (χ1v) is 4.68. The second-order valence-electron chi connectivity index (χ2n) is 3.48. The molecule has 1 aliphatic rings. The van der Waals surface area contributed by atoms with E-state index in [9.17, 15) is 0 Å². The Morgan fingerprint density at radius 2 is 2.00 bits per heavy atom. The fourth-order valence-electron chi connectivity index (χ4n) is 1.65. The third-order valence-corrected chi connectivity index (χ3v) is 2.53. The molecular weight excluding hydrogens is 164 g/mol. The molecule has 0 aromatic heterocycles. The van der Waals surface area contributed by atoms with Crippen molar-refractivity contribution in [2.45, 2.75) is 18.4 Å². The highest BCUT2D eigenvalue weighted by Crippen LogP contribution is 2.42. The van der Waals surface area contributed by atoms with Gasteiger partial charge in [0.25, 0.3) is 0 Å². The van der Waals surface area contributed by atoms with Gasteiger partial charge in [-0.2, -0.15) is 0 Å². The van der Waals surface area contributed by atoms with E-state index in [0.717, 1.165) is 19.4 Å². The second kappa shape index (κ2) is 3.48. The van der Waals surface area contributed by atoms with Crippen molar-refractivity contribution in [1.82, 2.24) is 0 Å². The van der Waals surface area contributed by atoms with E-state index < -0.39 is 0 Å². The molecule has 0 saturated carbocycles. The molecule has 1 aromatic carbocycles. The molecule has 0 spiro atoms. The van der Waals surface area contributed by atoms with Gasteiger partial charge in [0.1, 0.15) is 5.60 Å². The molecule has 1 fully saturated rings. The lowest BCUT2D eigenvalue weighted by molar-refractivity contribution is 0.239. The van der Waals surface area contributed by atoms with Crippen molar-refractivity contribution in [3.63, 3.8) is 0 Å². The van der Waals surface area contributed by atoms with E-state index in [1.54, 1.807) is 0 Å². The van der Waals surface area contributed by atoms with E-state index in [2.05, 4.69) is 12.1 Å². The molecule has 0 bridgehead atoms. The van der Waals surface area contributed by atoms with Crippen LogP contribution < -0.4 is 0 Å². The van der Waals surface area contributed by atoms with Crippen LogP contribution in [0, 0.1) is 0 Å². The number of aliphatic hydroxyl groups is 1. The van der Waals surface area contributed by atoms with Gasteiger partial charge in [0.05, 0.1) is 6.61 Å². The quantitative estimate of drug-likeness (QED) is 0.711. The standard InChI is InChI=1S/C11H14O2/c12-8-4-7-11(9-13-11)10-5-2-1-3-6-10/h1-3,5-6,12H,4,7-9H2. The summed E-state index contributed by atoms with van der Waals surface area (Å²) < 4.78 is 5.47. The highest BCUT2D eigenvalue weighted by Gasteiger charge is 2.45. The van der Waals surface area contributed by atoms with Gasteiger partial charge in [-0.1, -0.05) is 30.3 Å². The Morgan fingerprint density at radius 1 is 1.31 bits per heavy atom. The zero-order chi connectivity index (χ0) is 9.15. The highest BCUT2D eigenvalue weighted by atomic mass is 16.6. The van der Waals surface area contributed by atoms with Crippen LogP contribution in [0.3, 0.4) is 0 Å². The van der Waals surface area contributed by atoms with Crippen molar-refractivity contribution >= 4 is 0 Å². The minimum absolute atomic E-state index is 0.0655. The smallest absolute Gasteiger partial charge is 0.117 e. The number of ether oxygens (including phenoxy) is 1. The molecular formula is C11H14O2. The lowest BCUT2D eigenvalue weighted by atomic mass is 9.95. The average Bonchev–Trinajstić information content (AvgIpc) is 2.97. The van der Waals surface area contributed by atoms with E-state index in [0.29, 0.717) is 0 Å². The van der Waals surface area contributed by atoms with Gasteiger partial charge in [-0.3, -0.25) is 0 Å². The maximum absolute atomic E-state index is 8.75. The van der Waals surface area contributed by atoms with Crippen molar-refractivity contribution in [3.8, 4) is 0 Å². The summed E-state index contributed by atoms with van der Waals surface area (Å²) in [5.41, 5.74) is 1.17. The van der Waals surface area contributed by atoms with Gasteiger partial charge in [-0.05, 0) is 18.4 Å². The third kappa shape index (κ3) is 1.74. The molecule has 0 aliphatic carbocycles. The Kier molecular flexibility index (Phi) is 2.34. The molecule has 0 radical (unpaired) electrons. The summed E-state index contributed by atoms with van der Waals surface area (Å²) in [6.07, 6.45) is 1.74. The van der Waals surface area contributed by atoms with Crippen molar-refractivity contribution < 1.29 is 9.84 Å². The maximum atomic E-state index is 8.75. The van der Waals surface area contributed by atoms with Crippen LogP contribution in [-0.4, -0.2) is 18.3 Å². The van der Waals surface area contributed by atoms with E-state index in [1.165, 1.54) is 5.56 Å². The van der Waals surface area contributed by atoms with Crippen LogP contribution in [0.25, 0.3) is 0 Å². The van der Waals surface area contributed by atoms with Crippen LogP contribution in [-0.2, 0) is 10.3 Å². The predicted octanol–water partition coefficient (Wildman–Crippen LogP) is 1.68. The summed E-state index contributed by atoms with van der Waals surface area (Å²) in [5, 5.41) is 8.75. The largest absolute Gasteiger partial charge is 0.396 e. The molecule has 1 saturated heterocycles. The topological polar surface area (TPSA) is 32.8 Å². The Labute approximate surface area is 78.2 Å². The molecule has 1 aromatic rings. The highest BCUT2D eigenvalue weighted by molar-refractivity contribution is 5.26. The normalized spacial score (nSPS) is 25.9. The van der Waals surface area contributed by atoms with Gasteiger partial charge >= 0.3 is 0 Å². The van der Waals surface area contributed by atoms with E-state index in [1.807, 2.05) is 18.2 Å². The first kappa shape index (κ1) is 8.73. The molecule has 1 atom stereocenters. The number of hydrogen-bond donors (Lipinski definition) is 1. The second-order valence-corrected chi connectivity index (χ2v) is 3.48. The van der Waals surface area contributed by atoms with Crippen LogP contribution in [0.2, 0.25) is 0 Å². The summed E-state index contributed by atoms with van der Waals surface area (Å²) in [7, 11) is 0. The van der Waals surface area contributed by atoms with Crippen LogP contribution >= 0.6 is 0 Å². The third-order valence-electron chi connectivity index (χ3n) is 2.53. The number of benzene rings is 1. The van der Waals surface area contributed by atoms with E-state index in [4.69, 9.17) is 9.84 Å². The first-order chi connectivity index (χ1) is 6.37. The number of rotatable bonds is 4. The minimum atomic E-state index is -0.0655. The molecule has 1 unspecified atom stereocenters. The van der Waals surface area contributed by atoms with Gasteiger partial charge < -0.3 is 9.84 Å². The van der Waals surface area contributed by atoms with Crippen LogP contribution in [0.1, 0.15) is 18.4 Å². The summed E-state index contributed by atoms with van der Waals surface area (Å²) >= 11 is 0. The molecule has 0 amide bonds. The molecule has 2 heteroatoms. The SMILES string of the molecule is OCCCC1(c2ccccc2)CO1. The van der Waals surface area contributed by atoms with Crippen LogP contribution in [0.15, 0.2) is 30.3 Å². The number of hydrogen-bond acceptors (Lipinski definition) is 2. The molecule has 2 rings (SSSR count). The van der Waals surface area contributed by atoms with E-state index >= 15 is 0 Å². The molecule has 13 heavy (non-hydrogen) atoms. The molecule has 70 valence electrons. The van der Waals surface area contributed by atoms with Gasteiger partial charge in [0.15, 0.2) is 0 Å². The van der Waals surface area contributed by atoms with Gasteiger partial charge in [0.2, 0.25) is 0 Å². The zero-order valence-corrected chi connectivity index (χ0v) is 7.57. The summed E-state index contributed by atoms with van der Waals surface area (Å²) in [4.78, 5) is 0. The Balaban J connectivity index is 2.07. The molecule has 1 aliphatic heterocycles. The van der Waals surface area contributed by atoms with Crippen molar-refractivity contribution in [1.29, 1.82) is 0 Å². The predicted molar refractivity (Wildman–Crippen MR) is 50.4 cm³/mol. The van der Waals surface area contributed by atoms with Crippen molar-refractivity contribution in [3.05, 3.63) is 35.9 Å². The monoisotopic (exact) mass is 178 g/mol.